The summed E-state index contributed by atoms with van der Waals surface area (Å²) in [6.07, 6.45) is 6.66. The number of aromatic nitrogens is 2. The van der Waals surface area contributed by atoms with Crippen LogP contribution in [-0.2, 0) is 9.53 Å². The number of hydrogen-bond donors (Lipinski definition) is 1. The molecule has 1 aromatic carbocycles. The van der Waals surface area contributed by atoms with Crippen molar-refractivity contribution in [1.82, 2.24) is 9.97 Å². The molecule has 7 nitrogen and oxygen atoms in total. The fourth-order valence-corrected chi connectivity index (χ4v) is 4.80. The predicted octanol–water partition coefficient (Wildman–Crippen LogP) is 4.85. The zero-order valence-corrected chi connectivity index (χ0v) is 20.2. The van der Waals surface area contributed by atoms with Crippen molar-refractivity contribution in [1.29, 1.82) is 0 Å². The largest absolute Gasteiger partial charge is 0.489 e. The summed E-state index contributed by atoms with van der Waals surface area (Å²) >= 11 is 6.66. The normalized spacial score (nSPS) is 21.6. The highest BCUT2D eigenvalue weighted by atomic mass is 35.5. The fourth-order valence-electron chi connectivity index (χ4n) is 4.52. The van der Waals surface area contributed by atoms with Crippen LogP contribution >= 0.6 is 11.6 Å². The van der Waals surface area contributed by atoms with Crippen LogP contribution in [-0.4, -0.2) is 54.2 Å². The number of rotatable bonds is 9. The van der Waals surface area contributed by atoms with E-state index in [1.807, 2.05) is 24.3 Å². The van der Waals surface area contributed by atoms with Gasteiger partial charge in [-0.25, -0.2) is 9.97 Å². The van der Waals surface area contributed by atoms with Gasteiger partial charge in [0, 0.05) is 32.5 Å². The summed E-state index contributed by atoms with van der Waals surface area (Å²) in [6.45, 7) is 6.76. The average molecular weight is 473 g/mol. The van der Waals surface area contributed by atoms with E-state index in [0.29, 0.717) is 30.4 Å². The van der Waals surface area contributed by atoms with E-state index in [1.54, 1.807) is 13.3 Å². The molecule has 4 rings (SSSR count). The van der Waals surface area contributed by atoms with E-state index >= 15 is 0 Å². The van der Waals surface area contributed by atoms with E-state index in [0.717, 1.165) is 49.5 Å². The second kappa shape index (κ2) is 11.2. The number of ether oxygens (including phenoxy) is 2. The minimum atomic E-state index is 0.0589. The van der Waals surface area contributed by atoms with Gasteiger partial charge >= 0.3 is 0 Å². The molecule has 2 aliphatic heterocycles. The van der Waals surface area contributed by atoms with Crippen molar-refractivity contribution in [2.75, 3.05) is 36.5 Å². The van der Waals surface area contributed by atoms with Crippen molar-refractivity contribution in [3.05, 3.63) is 41.2 Å². The Hall–Kier alpha value is -2.38. The van der Waals surface area contributed by atoms with E-state index in [2.05, 4.69) is 27.1 Å². The fraction of sp³-hybridized carbons (Fsp3) is 0.560. The third kappa shape index (κ3) is 6.36. The Balaban J connectivity index is 1.32. The van der Waals surface area contributed by atoms with Crippen LogP contribution in [0.2, 0.25) is 5.02 Å². The Bertz CT molecular complexity index is 934. The lowest BCUT2D eigenvalue weighted by molar-refractivity contribution is -0.117. The first-order chi connectivity index (χ1) is 16.0. The first-order valence-electron chi connectivity index (χ1n) is 11.9. The molecule has 0 amide bonds. The topological polar surface area (TPSA) is 76.6 Å². The van der Waals surface area contributed by atoms with Crippen LogP contribution in [0.25, 0.3) is 0 Å². The van der Waals surface area contributed by atoms with Gasteiger partial charge in [-0.3, -0.25) is 0 Å². The van der Waals surface area contributed by atoms with Crippen LogP contribution in [0.1, 0.15) is 57.4 Å². The summed E-state index contributed by atoms with van der Waals surface area (Å²) in [6, 6.07) is 8.07. The number of nitrogens with zero attached hydrogens (tertiary/aromatic N) is 3. The van der Waals surface area contributed by atoms with Gasteiger partial charge in [-0.1, -0.05) is 30.7 Å². The molecule has 2 saturated heterocycles. The number of carbonyl (C=O) groups excluding carboxylic acids is 1. The van der Waals surface area contributed by atoms with Gasteiger partial charge in [-0.05, 0) is 49.8 Å². The summed E-state index contributed by atoms with van der Waals surface area (Å²) in [5.41, 5.74) is 1.15. The Morgan fingerprint density at radius 1 is 1.27 bits per heavy atom. The molecule has 1 N–H and O–H groups in total. The molecule has 2 fully saturated rings. The zero-order valence-electron chi connectivity index (χ0n) is 19.4. The molecule has 8 heteroatoms. The third-order valence-electron chi connectivity index (χ3n) is 6.33. The summed E-state index contributed by atoms with van der Waals surface area (Å²) in [4.78, 5) is 22.3. The smallest absolute Gasteiger partial charge is 0.153 e. The standard InChI is InChI=1S/C25H33ClN4O3/c1-17(13-18(2)31)19-6-8-20(9-7-19)33-22-10-11-30(15-22)25-23(26)24(28-16-29-25)27-14-21-5-3-4-12-32-21/h6-9,16-17,21-22H,3-5,10-15H2,1-2H3,(H,27,28,29)/t17-,21?,22-/m1/s1. The quantitative estimate of drug-likeness (QED) is 0.558. The first kappa shape index (κ1) is 23.8. The van der Waals surface area contributed by atoms with Crippen molar-refractivity contribution < 1.29 is 14.3 Å². The highest BCUT2D eigenvalue weighted by Gasteiger charge is 2.28. The molecule has 1 unspecified atom stereocenters. The number of anilines is 2. The van der Waals surface area contributed by atoms with Gasteiger partial charge in [-0.15, -0.1) is 0 Å². The lowest BCUT2D eigenvalue weighted by Crippen LogP contribution is -2.28. The Morgan fingerprint density at radius 2 is 2.09 bits per heavy atom. The SMILES string of the molecule is CC(=O)C[C@@H](C)c1ccc(O[C@@H]2CCN(c3ncnc(NCC4CCCCO4)c3Cl)C2)cc1. The molecule has 3 atom stereocenters. The van der Waals surface area contributed by atoms with Gasteiger partial charge in [0.2, 0.25) is 0 Å². The second-order valence-electron chi connectivity index (χ2n) is 9.08. The van der Waals surface area contributed by atoms with Crippen molar-refractivity contribution >= 4 is 29.0 Å². The van der Waals surface area contributed by atoms with E-state index in [-0.39, 0.29) is 23.9 Å². The maximum Gasteiger partial charge on any atom is 0.153 e. The monoisotopic (exact) mass is 472 g/mol. The molecule has 0 aliphatic carbocycles. The maximum atomic E-state index is 11.4. The van der Waals surface area contributed by atoms with Crippen LogP contribution in [0.5, 0.6) is 5.75 Å². The van der Waals surface area contributed by atoms with Crippen LogP contribution in [0.3, 0.4) is 0 Å². The number of ketones is 1. The predicted molar refractivity (Wildman–Crippen MR) is 131 cm³/mol. The van der Waals surface area contributed by atoms with E-state index in [4.69, 9.17) is 21.1 Å². The highest BCUT2D eigenvalue weighted by Crippen LogP contribution is 2.32. The molecule has 2 aliphatic rings. The number of halogens is 1. The maximum absolute atomic E-state index is 11.4. The molecule has 1 aromatic heterocycles. The Kier molecular flexibility index (Phi) is 8.04. The number of hydrogen-bond acceptors (Lipinski definition) is 7. The molecule has 2 aromatic rings. The molecular weight excluding hydrogens is 440 g/mol. The van der Waals surface area contributed by atoms with E-state index in [1.165, 1.54) is 6.42 Å². The molecule has 0 saturated carbocycles. The molecule has 0 spiro atoms. The van der Waals surface area contributed by atoms with Crippen LogP contribution < -0.4 is 15.0 Å². The summed E-state index contributed by atoms with van der Waals surface area (Å²) in [5, 5.41) is 3.88. The number of nitrogens with one attached hydrogen (secondary N) is 1. The molecule has 178 valence electrons. The number of benzene rings is 1. The van der Waals surface area contributed by atoms with Crippen molar-refractivity contribution in [2.24, 2.45) is 0 Å². The van der Waals surface area contributed by atoms with Gasteiger partial charge < -0.3 is 24.5 Å². The summed E-state index contributed by atoms with van der Waals surface area (Å²) in [5.74, 6) is 2.64. The molecule has 0 bridgehead atoms. The van der Waals surface area contributed by atoms with Crippen LogP contribution in [0.4, 0.5) is 11.6 Å². The molecule has 33 heavy (non-hydrogen) atoms. The number of carbonyl (C=O) groups is 1. The van der Waals surface area contributed by atoms with Crippen LogP contribution in [0.15, 0.2) is 30.6 Å². The van der Waals surface area contributed by atoms with Gasteiger partial charge in [0.1, 0.15) is 29.0 Å². The zero-order chi connectivity index (χ0) is 23.2. The Labute approximate surface area is 200 Å². The molecule has 3 heterocycles. The van der Waals surface area contributed by atoms with Gasteiger partial charge in [0.05, 0.1) is 12.6 Å². The minimum Gasteiger partial charge on any atom is -0.489 e. The molecular formula is C25H33ClN4O3. The molecule has 0 radical (unpaired) electrons. The van der Waals surface area contributed by atoms with Crippen molar-refractivity contribution in [3.63, 3.8) is 0 Å². The second-order valence-corrected chi connectivity index (χ2v) is 9.46. The first-order valence-corrected chi connectivity index (χ1v) is 12.2. The lowest BCUT2D eigenvalue weighted by Gasteiger charge is -2.24. The summed E-state index contributed by atoms with van der Waals surface area (Å²) < 4.78 is 12.0. The van der Waals surface area contributed by atoms with Crippen molar-refractivity contribution in [2.45, 2.75) is 64.1 Å². The highest BCUT2D eigenvalue weighted by molar-refractivity contribution is 6.35. The average Bonchev–Trinajstić information content (AvgIpc) is 3.27. The third-order valence-corrected chi connectivity index (χ3v) is 6.68. The lowest BCUT2D eigenvalue weighted by atomic mass is 9.96. The minimum absolute atomic E-state index is 0.0589. The van der Waals surface area contributed by atoms with Crippen LogP contribution in [0, 0.1) is 0 Å². The van der Waals surface area contributed by atoms with E-state index < -0.39 is 0 Å². The van der Waals surface area contributed by atoms with Crippen molar-refractivity contribution in [3.8, 4) is 5.75 Å². The summed E-state index contributed by atoms with van der Waals surface area (Å²) in [7, 11) is 0. The van der Waals surface area contributed by atoms with Gasteiger partial charge in [0.15, 0.2) is 11.6 Å². The van der Waals surface area contributed by atoms with Gasteiger partial charge in [-0.2, -0.15) is 0 Å². The van der Waals surface area contributed by atoms with Gasteiger partial charge in [0.25, 0.3) is 0 Å². The van der Waals surface area contributed by atoms with E-state index in [9.17, 15) is 4.79 Å². The number of Topliss-reactive ketones (excluding diaryl/α,β-unsaturated/α-hetero) is 1. The Morgan fingerprint density at radius 3 is 2.82 bits per heavy atom.